The number of nitrogens with zero attached hydrogens (tertiary/aromatic N) is 2. The third-order valence-electron chi connectivity index (χ3n) is 6.57. The monoisotopic (exact) mass is 371 g/mol. The zero-order valence-corrected chi connectivity index (χ0v) is 16.2. The highest BCUT2D eigenvalue weighted by Crippen LogP contribution is 2.44. The standard InChI is InChI=1S/C22H30FN3O/c1-2-3-6-11-26-21(17-7-4-5-8-18(17)23)14-20(25-26)22(27)24-19-13-15-9-10-16(19)12-15/h4-5,7-8,15-16,19,21H,2-3,6,9-14H2,1H3,(H,24,27). The second-order valence-electron chi connectivity index (χ2n) is 8.41. The van der Waals surface area contributed by atoms with Crippen LogP contribution in [0.2, 0.25) is 0 Å². The maximum atomic E-state index is 14.4. The van der Waals surface area contributed by atoms with E-state index in [0.29, 0.717) is 29.7 Å². The molecule has 2 saturated carbocycles. The number of nitrogens with one attached hydrogen (secondary N) is 1. The summed E-state index contributed by atoms with van der Waals surface area (Å²) in [5.74, 6) is 1.17. The van der Waals surface area contributed by atoms with Crippen molar-refractivity contribution in [2.75, 3.05) is 6.54 Å². The molecular weight excluding hydrogens is 341 g/mol. The van der Waals surface area contributed by atoms with E-state index >= 15 is 0 Å². The molecule has 3 aliphatic rings. The molecule has 1 amide bonds. The molecule has 0 saturated heterocycles. The number of fused-ring (bicyclic) bond motifs is 2. The fourth-order valence-corrected chi connectivity index (χ4v) is 5.11. The lowest BCUT2D eigenvalue weighted by molar-refractivity contribution is -0.115. The lowest BCUT2D eigenvalue weighted by atomic mass is 9.95. The molecule has 2 bridgehead atoms. The topological polar surface area (TPSA) is 44.7 Å². The van der Waals surface area contributed by atoms with Gasteiger partial charge in [-0.1, -0.05) is 44.4 Å². The highest BCUT2D eigenvalue weighted by atomic mass is 19.1. The minimum Gasteiger partial charge on any atom is -0.348 e. The van der Waals surface area contributed by atoms with Gasteiger partial charge in [-0.25, -0.2) is 4.39 Å². The minimum absolute atomic E-state index is 0.0492. The third kappa shape index (κ3) is 3.87. The maximum Gasteiger partial charge on any atom is 0.267 e. The van der Waals surface area contributed by atoms with Crippen molar-refractivity contribution in [2.45, 2.75) is 70.4 Å². The van der Waals surface area contributed by atoms with Crippen LogP contribution >= 0.6 is 0 Å². The van der Waals surface area contributed by atoms with Gasteiger partial charge in [-0.2, -0.15) is 5.10 Å². The Hall–Kier alpha value is -1.91. The first-order valence-electron chi connectivity index (χ1n) is 10.5. The first kappa shape index (κ1) is 18.5. The quantitative estimate of drug-likeness (QED) is 0.721. The largest absolute Gasteiger partial charge is 0.348 e. The first-order chi connectivity index (χ1) is 13.2. The summed E-state index contributed by atoms with van der Waals surface area (Å²) in [5.41, 5.74) is 1.20. The number of carbonyl (C=O) groups excluding carboxylic acids is 1. The van der Waals surface area contributed by atoms with Gasteiger partial charge in [0.15, 0.2) is 0 Å². The fraction of sp³-hybridized carbons (Fsp3) is 0.636. The van der Waals surface area contributed by atoms with Crippen LogP contribution in [0.4, 0.5) is 4.39 Å². The zero-order valence-electron chi connectivity index (χ0n) is 16.2. The highest BCUT2D eigenvalue weighted by Gasteiger charge is 2.41. The van der Waals surface area contributed by atoms with Crippen molar-refractivity contribution in [3.05, 3.63) is 35.6 Å². The van der Waals surface area contributed by atoms with Gasteiger partial charge < -0.3 is 5.32 Å². The molecule has 4 atom stereocenters. The molecule has 0 aromatic heterocycles. The van der Waals surface area contributed by atoms with Crippen LogP contribution in [0, 0.1) is 17.7 Å². The van der Waals surface area contributed by atoms with Crippen LogP contribution in [0.25, 0.3) is 0 Å². The molecular formula is C22H30FN3O. The number of hydrazone groups is 1. The van der Waals surface area contributed by atoms with Crippen molar-refractivity contribution in [2.24, 2.45) is 16.9 Å². The van der Waals surface area contributed by atoms with E-state index < -0.39 is 0 Å². The van der Waals surface area contributed by atoms with Crippen LogP contribution in [-0.4, -0.2) is 29.2 Å². The molecule has 1 aromatic carbocycles. The van der Waals surface area contributed by atoms with Gasteiger partial charge in [0, 0.05) is 24.6 Å². The Labute approximate surface area is 161 Å². The predicted octanol–water partition coefficient (Wildman–Crippen LogP) is 4.42. The number of amides is 1. The Morgan fingerprint density at radius 3 is 2.81 bits per heavy atom. The Morgan fingerprint density at radius 1 is 1.26 bits per heavy atom. The Morgan fingerprint density at radius 2 is 2.11 bits per heavy atom. The van der Waals surface area contributed by atoms with E-state index in [4.69, 9.17) is 0 Å². The van der Waals surface area contributed by atoms with Gasteiger partial charge in [0.1, 0.15) is 11.5 Å². The molecule has 0 radical (unpaired) electrons. The molecule has 1 heterocycles. The third-order valence-corrected chi connectivity index (χ3v) is 6.57. The van der Waals surface area contributed by atoms with Crippen molar-refractivity contribution < 1.29 is 9.18 Å². The number of halogens is 1. The van der Waals surface area contributed by atoms with Gasteiger partial charge in [-0.3, -0.25) is 9.80 Å². The molecule has 5 heteroatoms. The molecule has 146 valence electrons. The molecule has 27 heavy (non-hydrogen) atoms. The van der Waals surface area contributed by atoms with Crippen molar-refractivity contribution in [1.82, 2.24) is 10.3 Å². The number of rotatable bonds is 7. The summed E-state index contributed by atoms with van der Waals surface area (Å²) in [5, 5.41) is 9.80. The summed E-state index contributed by atoms with van der Waals surface area (Å²) in [7, 11) is 0. The number of unbranched alkanes of at least 4 members (excludes halogenated alkanes) is 2. The smallest absolute Gasteiger partial charge is 0.267 e. The van der Waals surface area contributed by atoms with Gasteiger partial charge >= 0.3 is 0 Å². The Kier molecular flexibility index (Phi) is 5.46. The van der Waals surface area contributed by atoms with E-state index in [9.17, 15) is 9.18 Å². The normalized spacial score (nSPS) is 29.3. The first-order valence-corrected chi connectivity index (χ1v) is 10.5. The van der Waals surface area contributed by atoms with Crippen LogP contribution in [0.5, 0.6) is 0 Å². The highest BCUT2D eigenvalue weighted by molar-refractivity contribution is 6.39. The van der Waals surface area contributed by atoms with E-state index in [1.54, 1.807) is 6.07 Å². The minimum atomic E-state index is -0.215. The van der Waals surface area contributed by atoms with Crippen LogP contribution in [-0.2, 0) is 4.79 Å². The van der Waals surface area contributed by atoms with Crippen LogP contribution < -0.4 is 5.32 Å². The van der Waals surface area contributed by atoms with E-state index in [2.05, 4.69) is 17.3 Å². The van der Waals surface area contributed by atoms with Gasteiger partial charge in [-0.15, -0.1) is 0 Å². The summed E-state index contributed by atoms with van der Waals surface area (Å²) >= 11 is 0. The van der Waals surface area contributed by atoms with E-state index in [-0.39, 0.29) is 17.8 Å². The second-order valence-corrected chi connectivity index (χ2v) is 8.41. The van der Waals surface area contributed by atoms with E-state index in [0.717, 1.165) is 38.1 Å². The van der Waals surface area contributed by atoms with Crippen LogP contribution in [0.3, 0.4) is 0 Å². The van der Waals surface area contributed by atoms with Crippen LogP contribution in [0.15, 0.2) is 29.4 Å². The van der Waals surface area contributed by atoms with Gasteiger partial charge in [0.25, 0.3) is 5.91 Å². The average molecular weight is 372 g/mol. The Balaban J connectivity index is 1.46. The molecule has 2 fully saturated rings. The Bertz CT molecular complexity index is 719. The van der Waals surface area contributed by atoms with Crippen molar-refractivity contribution >= 4 is 11.6 Å². The predicted molar refractivity (Wildman–Crippen MR) is 105 cm³/mol. The van der Waals surface area contributed by atoms with Gasteiger partial charge in [0.05, 0.1) is 6.04 Å². The second kappa shape index (κ2) is 7.99. The molecule has 0 spiro atoms. The molecule has 4 nitrogen and oxygen atoms in total. The maximum absolute atomic E-state index is 14.4. The van der Waals surface area contributed by atoms with Crippen LogP contribution in [0.1, 0.15) is 69.9 Å². The van der Waals surface area contributed by atoms with E-state index in [1.165, 1.54) is 25.3 Å². The summed E-state index contributed by atoms with van der Waals surface area (Å²) < 4.78 is 14.4. The van der Waals surface area contributed by atoms with Gasteiger partial charge in [0.2, 0.25) is 0 Å². The summed E-state index contributed by atoms with van der Waals surface area (Å²) in [4.78, 5) is 12.9. The van der Waals surface area contributed by atoms with Crippen molar-refractivity contribution in [3.63, 3.8) is 0 Å². The lowest BCUT2D eigenvalue weighted by Crippen LogP contribution is -2.41. The molecule has 4 rings (SSSR count). The number of hydrogen-bond donors (Lipinski definition) is 1. The van der Waals surface area contributed by atoms with E-state index in [1.807, 2.05) is 17.1 Å². The summed E-state index contributed by atoms with van der Waals surface area (Å²) in [6, 6.07) is 7.00. The number of carbonyl (C=O) groups is 1. The molecule has 4 unspecified atom stereocenters. The summed E-state index contributed by atoms with van der Waals surface area (Å²) in [6.07, 6.45) is 8.66. The lowest BCUT2D eigenvalue weighted by Gasteiger charge is -2.24. The number of hydrogen-bond acceptors (Lipinski definition) is 3. The van der Waals surface area contributed by atoms with Gasteiger partial charge in [-0.05, 0) is 43.6 Å². The van der Waals surface area contributed by atoms with Crippen molar-refractivity contribution in [1.29, 1.82) is 0 Å². The molecule has 1 aromatic rings. The van der Waals surface area contributed by atoms with Crippen molar-refractivity contribution in [3.8, 4) is 0 Å². The SMILES string of the molecule is CCCCCN1N=C(C(=O)NC2CC3CCC2C3)CC1c1ccccc1F. The molecule has 1 N–H and O–H groups in total. The number of benzene rings is 1. The molecule has 1 aliphatic heterocycles. The average Bonchev–Trinajstić information content (AvgIpc) is 3.38. The summed E-state index contributed by atoms with van der Waals surface area (Å²) in [6.45, 7) is 2.92. The molecule has 2 aliphatic carbocycles. The zero-order chi connectivity index (χ0) is 18.8. The fourth-order valence-electron chi connectivity index (χ4n) is 5.11.